The van der Waals surface area contributed by atoms with E-state index in [1.807, 2.05) is 0 Å². The van der Waals surface area contributed by atoms with Crippen LogP contribution in [0.4, 0.5) is 0 Å². The average Bonchev–Trinajstić information content (AvgIpc) is 2.20. The average molecular weight is 230 g/mol. The van der Waals surface area contributed by atoms with Gasteiger partial charge in [-0.3, -0.25) is 4.79 Å². The lowest BCUT2D eigenvalue weighted by Gasteiger charge is -1.99. The zero-order chi connectivity index (χ0) is 10.1. The predicted molar refractivity (Wildman–Crippen MR) is 54.7 cm³/mol. The molecule has 1 aromatic carbocycles. The minimum Gasteiger partial charge on any atom is -0.267 e. The highest BCUT2D eigenvalue weighted by Crippen LogP contribution is 2.13. The second-order valence-electron chi connectivity index (χ2n) is 2.68. The molecule has 0 spiro atoms. The minimum absolute atomic E-state index is 0.0196. The van der Waals surface area contributed by atoms with E-state index in [1.165, 1.54) is 0 Å². The largest absolute Gasteiger partial charge is 0.278 e. The Labute approximate surface area is 89.1 Å². The maximum absolute atomic E-state index is 11.6. The molecular weight excluding hydrogens is 225 g/mol. The molecule has 0 amide bonds. The summed E-state index contributed by atoms with van der Waals surface area (Å²) in [6, 6.07) is 4.83. The van der Waals surface area contributed by atoms with Crippen LogP contribution < -0.4 is 5.56 Å². The first kappa shape index (κ1) is 9.43. The maximum atomic E-state index is 11.6. The number of rotatable bonds is 1. The Morgan fingerprint density at radius 2 is 2.21 bits per heavy atom. The third-order valence-corrected chi connectivity index (χ3v) is 2.26. The molecule has 0 atom stereocenters. The quantitative estimate of drug-likeness (QED) is 0.699. The third kappa shape index (κ3) is 1.47. The smallest absolute Gasteiger partial charge is 0.267 e. The topological polar surface area (TPSA) is 47.8 Å². The summed E-state index contributed by atoms with van der Waals surface area (Å²) in [6.07, 6.45) is 0. The monoisotopic (exact) mass is 229 g/mol. The number of hydrogen-bond acceptors (Lipinski definition) is 3. The van der Waals surface area contributed by atoms with E-state index < -0.39 is 0 Å². The van der Waals surface area contributed by atoms with Crippen LogP contribution in [0.2, 0.25) is 5.02 Å². The molecule has 6 heteroatoms. The summed E-state index contributed by atoms with van der Waals surface area (Å²) in [6.45, 7) is 0. The second-order valence-corrected chi connectivity index (χ2v) is 3.35. The van der Waals surface area contributed by atoms with E-state index in [2.05, 4.69) is 10.3 Å². The Morgan fingerprint density at radius 3 is 2.93 bits per heavy atom. The number of halogens is 2. The SMILES string of the molecule is O=c1c2cc(Cl)ccc2nnn1CCl. The lowest BCUT2D eigenvalue weighted by atomic mass is 10.2. The molecule has 0 radical (unpaired) electrons. The fourth-order valence-corrected chi connectivity index (χ4v) is 1.46. The number of fused-ring (bicyclic) bond motifs is 1. The molecule has 4 nitrogen and oxygen atoms in total. The van der Waals surface area contributed by atoms with Crippen LogP contribution in [0.25, 0.3) is 10.9 Å². The van der Waals surface area contributed by atoms with Crippen molar-refractivity contribution in [1.29, 1.82) is 0 Å². The first-order valence-corrected chi connectivity index (χ1v) is 4.72. The van der Waals surface area contributed by atoms with Crippen molar-refractivity contribution in [3.63, 3.8) is 0 Å². The number of aromatic nitrogens is 3. The van der Waals surface area contributed by atoms with Gasteiger partial charge in [-0.15, -0.1) is 16.7 Å². The molecule has 0 unspecified atom stereocenters. The van der Waals surface area contributed by atoms with E-state index in [0.29, 0.717) is 15.9 Å². The zero-order valence-electron chi connectivity index (χ0n) is 6.94. The minimum atomic E-state index is -0.285. The molecule has 0 bridgehead atoms. The Kier molecular flexibility index (Phi) is 2.39. The highest BCUT2D eigenvalue weighted by atomic mass is 35.5. The lowest BCUT2D eigenvalue weighted by molar-refractivity contribution is 0.640. The van der Waals surface area contributed by atoms with E-state index in [9.17, 15) is 4.79 Å². The van der Waals surface area contributed by atoms with E-state index >= 15 is 0 Å². The first-order chi connectivity index (χ1) is 6.72. The summed E-state index contributed by atoms with van der Waals surface area (Å²) < 4.78 is 1.07. The van der Waals surface area contributed by atoms with Crippen LogP contribution in [-0.4, -0.2) is 15.0 Å². The number of alkyl halides is 1. The van der Waals surface area contributed by atoms with Crippen molar-refractivity contribution < 1.29 is 0 Å². The molecule has 0 aliphatic rings. The first-order valence-electron chi connectivity index (χ1n) is 3.81. The van der Waals surface area contributed by atoms with E-state index in [4.69, 9.17) is 23.2 Å². The van der Waals surface area contributed by atoms with Crippen molar-refractivity contribution in [3.05, 3.63) is 33.6 Å². The van der Waals surface area contributed by atoms with E-state index in [-0.39, 0.29) is 11.6 Å². The van der Waals surface area contributed by atoms with Gasteiger partial charge in [0.05, 0.1) is 5.39 Å². The van der Waals surface area contributed by atoms with Gasteiger partial charge in [0.2, 0.25) is 0 Å². The van der Waals surface area contributed by atoms with Gasteiger partial charge in [0.1, 0.15) is 11.5 Å². The molecule has 1 heterocycles. The lowest BCUT2D eigenvalue weighted by Crippen LogP contribution is -2.22. The van der Waals surface area contributed by atoms with Crippen molar-refractivity contribution in [2.24, 2.45) is 0 Å². The van der Waals surface area contributed by atoms with Crippen molar-refractivity contribution in [2.45, 2.75) is 6.00 Å². The molecule has 0 saturated carbocycles. The Hall–Kier alpha value is -1.13. The van der Waals surface area contributed by atoms with Crippen LogP contribution >= 0.6 is 23.2 Å². The highest BCUT2D eigenvalue weighted by Gasteiger charge is 2.04. The van der Waals surface area contributed by atoms with Crippen molar-refractivity contribution >= 4 is 34.1 Å². The van der Waals surface area contributed by atoms with Crippen molar-refractivity contribution in [3.8, 4) is 0 Å². The molecule has 0 aliphatic heterocycles. The van der Waals surface area contributed by atoms with Gasteiger partial charge < -0.3 is 0 Å². The zero-order valence-corrected chi connectivity index (χ0v) is 8.46. The summed E-state index contributed by atoms with van der Waals surface area (Å²) in [5.41, 5.74) is 0.230. The molecule has 2 aromatic rings. The van der Waals surface area contributed by atoms with Crippen LogP contribution in [0.5, 0.6) is 0 Å². The van der Waals surface area contributed by atoms with Gasteiger partial charge in [-0.2, -0.15) is 4.68 Å². The summed E-state index contributed by atoms with van der Waals surface area (Å²) in [4.78, 5) is 11.6. The molecular formula is C8H5Cl2N3O. The van der Waals surface area contributed by atoms with E-state index in [1.54, 1.807) is 18.2 Å². The predicted octanol–water partition coefficient (Wildman–Crippen LogP) is 1.64. The Balaban J connectivity index is 2.87. The molecule has 0 N–H and O–H groups in total. The van der Waals surface area contributed by atoms with Gasteiger partial charge >= 0.3 is 0 Å². The number of benzene rings is 1. The van der Waals surface area contributed by atoms with E-state index in [0.717, 1.165) is 4.68 Å². The molecule has 1 aromatic heterocycles. The molecule has 72 valence electrons. The fourth-order valence-electron chi connectivity index (χ4n) is 1.13. The summed E-state index contributed by atoms with van der Waals surface area (Å²) >= 11 is 11.3. The molecule has 0 fully saturated rings. The van der Waals surface area contributed by atoms with Crippen molar-refractivity contribution in [2.75, 3.05) is 0 Å². The van der Waals surface area contributed by atoms with Gasteiger partial charge in [0, 0.05) is 5.02 Å². The summed E-state index contributed by atoms with van der Waals surface area (Å²) in [5.74, 6) is 0. The summed E-state index contributed by atoms with van der Waals surface area (Å²) in [7, 11) is 0. The molecule has 0 saturated heterocycles. The van der Waals surface area contributed by atoms with Crippen LogP contribution in [0.15, 0.2) is 23.0 Å². The molecule has 14 heavy (non-hydrogen) atoms. The fraction of sp³-hybridized carbons (Fsp3) is 0.125. The highest BCUT2D eigenvalue weighted by molar-refractivity contribution is 6.31. The van der Waals surface area contributed by atoms with Gasteiger partial charge in [-0.25, -0.2) is 0 Å². The molecule has 0 aliphatic carbocycles. The maximum Gasteiger partial charge on any atom is 0.278 e. The second kappa shape index (κ2) is 3.55. The van der Waals surface area contributed by atoms with Gasteiger partial charge in [0.15, 0.2) is 0 Å². The van der Waals surface area contributed by atoms with Gasteiger partial charge in [-0.1, -0.05) is 16.8 Å². The van der Waals surface area contributed by atoms with Gasteiger partial charge in [-0.05, 0) is 18.2 Å². The van der Waals surface area contributed by atoms with Crippen LogP contribution in [0, 0.1) is 0 Å². The van der Waals surface area contributed by atoms with Crippen molar-refractivity contribution in [1.82, 2.24) is 15.0 Å². The standard InChI is InChI=1S/C8H5Cl2N3O/c9-4-13-8(14)6-3-5(10)1-2-7(6)11-12-13/h1-3H,4H2. The van der Waals surface area contributed by atoms with Crippen LogP contribution in [-0.2, 0) is 6.00 Å². The van der Waals surface area contributed by atoms with Gasteiger partial charge in [0.25, 0.3) is 5.56 Å². The number of hydrogen-bond donors (Lipinski definition) is 0. The normalized spacial score (nSPS) is 10.7. The Morgan fingerprint density at radius 1 is 1.43 bits per heavy atom. The van der Waals surface area contributed by atoms with Crippen LogP contribution in [0.1, 0.15) is 0 Å². The Bertz CT molecular complexity index is 538. The molecule has 2 rings (SSSR count). The third-order valence-electron chi connectivity index (χ3n) is 1.80. The summed E-state index contributed by atoms with van der Waals surface area (Å²) in [5, 5.41) is 8.37. The number of nitrogens with zero attached hydrogens (tertiary/aromatic N) is 3. The van der Waals surface area contributed by atoms with Crippen LogP contribution in [0.3, 0.4) is 0 Å².